The molecule has 0 bridgehead atoms. The lowest BCUT2D eigenvalue weighted by Crippen LogP contribution is -2.28. The summed E-state index contributed by atoms with van der Waals surface area (Å²) in [5.41, 5.74) is 2.89. The summed E-state index contributed by atoms with van der Waals surface area (Å²) in [6.45, 7) is -0.727. The van der Waals surface area contributed by atoms with E-state index >= 15 is 0 Å². The van der Waals surface area contributed by atoms with Crippen LogP contribution in [0.4, 0.5) is 23.0 Å². The lowest BCUT2D eigenvalue weighted by Gasteiger charge is -2.34. The second-order valence-electron chi connectivity index (χ2n) is 8.57. The zero-order valence-corrected chi connectivity index (χ0v) is 19.7. The van der Waals surface area contributed by atoms with Gasteiger partial charge in [0.15, 0.2) is 5.82 Å². The van der Waals surface area contributed by atoms with Crippen molar-refractivity contribution >= 4 is 34.8 Å². The van der Waals surface area contributed by atoms with E-state index in [1.54, 1.807) is 7.05 Å². The van der Waals surface area contributed by atoms with Crippen LogP contribution in [0.25, 0.3) is 11.3 Å². The number of amides is 2. The number of aromatic nitrogens is 5. The fourth-order valence-corrected chi connectivity index (χ4v) is 4.14. The molecule has 5 rings (SSSR count). The lowest BCUT2D eigenvalue weighted by molar-refractivity contribution is -0.117. The molecule has 1 aliphatic heterocycles. The first-order chi connectivity index (χ1) is 18.0. The molecule has 1 aliphatic carbocycles. The van der Waals surface area contributed by atoms with Crippen molar-refractivity contribution in [3.05, 3.63) is 29.7 Å². The molecule has 1 fully saturated rings. The highest BCUT2D eigenvalue weighted by molar-refractivity contribution is 6.02. The summed E-state index contributed by atoms with van der Waals surface area (Å²) in [7, 11) is 5.15. The topological polar surface area (TPSA) is 139 Å². The van der Waals surface area contributed by atoms with Gasteiger partial charge in [-0.1, -0.05) is 0 Å². The molecule has 35 heavy (non-hydrogen) atoms. The summed E-state index contributed by atoms with van der Waals surface area (Å²) in [4.78, 5) is 37.4. The normalized spacial score (nSPS) is 17.9. The van der Waals surface area contributed by atoms with Crippen molar-refractivity contribution in [2.75, 3.05) is 36.7 Å². The molecular weight excluding hydrogens is 450 g/mol. The Morgan fingerprint density at radius 1 is 1.20 bits per heavy atom. The number of ether oxygens (including phenoxy) is 1. The summed E-state index contributed by atoms with van der Waals surface area (Å²) in [6, 6.07) is 1.32. The highest BCUT2D eigenvalue weighted by Gasteiger charge is 2.35. The third-order valence-electron chi connectivity index (χ3n) is 6.26. The van der Waals surface area contributed by atoms with Crippen LogP contribution in [-0.2, 0) is 11.8 Å². The van der Waals surface area contributed by atoms with Crippen molar-refractivity contribution in [2.45, 2.75) is 25.8 Å². The third kappa shape index (κ3) is 3.90. The maximum Gasteiger partial charge on any atom is 0.254 e. The Balaban J connectivity index is 1.61. The Labute approximate surface area is 206 Å². The Bertz CT molecular complexity index is 1440. The summed E-state index contributed by atoms with van der Waals surface area (Å²) < 4.78 is 27.9. The molecule has 2 aliphatic rings. The first-order valence-corrected chi connectivity index (χ1v) is 11.1. The first-order valence-electron chi connectivity index (χ1n) is 12.6. The number of anilines is 4. The minimum absolute atomic E-state index is 0.0383. The fraction of sp³-hybridized carbons (Fsp3) is 0.391. The van der Waals surface area contributed by atoms with E-state index in [9.17, 15) is 9.59 Å². The molecule has 1 atom stereocenters. The van der Waals surface area contributed by atoms with E-state index in [-0.39, 0.29) is 34.9 Å². The predicted octanol–water partition coefficient (Wildman–Crippen LogP) is 2.24. The maximum absolute atomic E-state index is 12.9. The van der Waals surface area contributed by atoms with Crippen LogP contribution in [-0.4, -0.2) is 57.9 Å². The molecule has 2 amide bonds. The van der Waals surface area contributed by atoms with Gasteiger partial charge in [0.2, 0.25) is 5.91 Å². The van der Waals surface area contributed by atoms with E-state index in [1.807, 2.05) is 24.2 Å². The minimum atomic E-state index is -2.71. The number of nitrogens with zero attached hydrogens (tertiary/aromatic N) is 6. The van der Waals surface area contributed by atoms with Gasteiger partial charge in [-0.15, -0.1) is 0 Å². The third-order valence-corrected chi connectivity index (χ3v) is 6.26. The van der Waals surface area contributed by atoms with Crippen LogP contribution in [0.2, 0.25) is 0 Å². The number of carbonyl (C=O) groups is 2. The Morgan fingerprint density at radius 2 is 2.00 bits per heavy atom. The van der Waals surface area contributed by atoms with Crippen LogP contribution in [0.1, 0.15) is 46.0 Å². The number of hydrogen-bond donors (Lipinski definition) is 3. The molecule has 12 nitrogen and oxygen atoms in total. The standard InChI is InChI=1S/C23H27N9O3/c1-11-18-19(30-32(4)29-18)17-15(35-5)10-26-21(20(17)31(11)3)27-14-8-16(28-22(33)12-6-7-12)25-9-13(14)23(34)24-2/h8-12H,6-7H2,1-5H3,(H,24,34)(H2,25,26,27,28,33)/t11-/m0/s1/i2D3. The number of pyridine rings is 2. The van der Waals surface area contributed by atoms with E-state index in [0.29, 0.717) is 28.5 Å². The van der Waals surface area contributed by atoms with Crippen molar-refractivity contribution in [3.63, 3.8) is 0 Å². The Kier molecular flexibility index (Phi) is 4.66. The van der Waals surface area contributed by atoms with Crippen LogP contribution in [0, 0.1) is 5.92 Å². The van der Waals surface area contributed by atoms with Gasteiger partial charge in [0.05, 0.1) is 41.9 Å². The number of hydrogen-bond acceptors (Lipinski definition) is 9. The Morgan fingerprint density at radius 3 is 2.71 bits per heavy atom. The summed E-state index contributed by atoms with van der Waals surface area (Å²) >= 11 is 0. The smallest absolute Gasteiger partial charge is 0.254 e. The molecule has 0 saturated heterocycles. The second-order valence-corrected chi connectivity index (χ2v) is 8.57. The molecule has 182 valence electrons. The van der Waals surface area contributed by atoms with Gasteiger partial charge in [0.25, 0.3) is 5.91 Å². The lowest BCUT2D eigenvalue weighted by atomic mass is 9.97. The second kappa shape index (κ2) is 8.53. The minimum Gasteiger partial charge on any atom is -0.494 e. The van der Waals surface area contributed by atoms with Gasteiger partial charge in [0.1, 0.15) is 23.0 Å². The molecule has 4 heterocycles. The first kappa shape index (κ1) is 19.1. The molecule has 3 N–H and O–H groups in total. The quantitative estimate of drug-likeness (QED) is 0.485. The van der Waals surface area contributed by atoms with Crippen LogP contribution >= 0.6 is 0 Å². The van der Waals surface area contributed by atoms with Gasteiger partial charge in [-0.25, -0.2) is 9.97 Å². The molecule has 0 spiro atoms. The Hall–Kier alpha value is -4.22. The van der Waals surface area contributed by atoms with Crippen molar-refractivity contribution < 1.29 is 18.4 Å². The van der Waals surface area contributed by atoms with Gasteiger partial charge in [0, 0.05) is 43.4 Å². The summed E-state index contributed by atoms with van der Waals surface area (Å²) in [5.74, 6) is -0.0145. The molecule has 12 heteroatoms. The maximum atomic E-state index is 12.9. The zero-order chi connectivity index (χ0) is 27.4. The average Bonchev–Trinajstić information content (AvgIpc) is 3.62. The van der Waals surface area contributed by atoms with Gasteiger partial charge in [-0.3, -0.25) is 9.59 Å². The number of carbonyl (C=O) groups excluding carboxylic acids is 2. The van der Waals surface area contributed by atoms with Crippen molar-refractivity contribution in [1.29, 1.82) is 0 Å². The van der Waals surface area contributed by atoms with Crippen LogP contribution in [0.3, 0.4) is 0 Å². The molecule has 0 aromatic carbocycles. The van der Waals surface area contributed by atoms with E-state index in [4.69, 9.17) is 8.85 Å². The van der Waals surface area contributed by atoms with Crippen LogP contribution < -0.4 is 25.6 Å². The zero-order valence-electron chi connectivity index (χ0n) is 22.7. The van der Waals surface area contributed by atoms with E-state index in [0.717, 1.165) is 18.5 Å². The fourth-order valence-electron chi connectivity index (χ4n) is 4.14. The monoisotopic (exact) mass is 480 g/mol. The molecule has 3 aromatic rings. The van der Waals surface area contributed by atoms with Crippen molar-refractivity contribution in [1.82, 2.24) is 30.3 Å². The van der Waals surface area contributed by atoms with E-state index in [1.165, 1.54) is 30.4 Å². The largest absolute Gasteiger partial charge is 0.494 e. The molecule has 0 radical (unpaired) electrons. The predicted molar refractivity (Wildman–Crippen MR) is 130 cm³/mol. The van der Waals surface area contributed by atoms with Crippen molar-refractivity contribution in [2.24, 2.45) is 13.0 Å². The molecular formula is C23H27N9O3. The molecule has 0 unspecified atom stereocenters. The number of fused-ring (bicyclic) bond motifs is 3. The van der Waals surface area contributed by atoms with Crippen LogP contribution in [0.5, 0.6) is 5.75 Å². The SMILES string of the molecule is [2H]C([2H])([2H])NC(=O)c1cnc(NC(=O)C2CC2)cc1Nc1ncc(OC)c2c1N(C)[C@@H](C)c1nn(C)nc1-2. The van der Waals surface area contributed by atoms with E-state index in [2.05, 4.69) is 30.8 Å². The van der Waals surface area contributed by atoms with Gasteiger partial charge in [-0.05, 0) is 19.8 Å². The van der Waals surface area contributed by atoms with E-state index < -0.39 is 12.9 Å². The van der Waals surface area contributed by atoms with Gasteiger partial charge < -0.3 is 25.6 Å². The summed E-state index contributed by atoms with van der Waals surface area (Å²) in [5, 5.41) is 17.0. The number of methoxy groups -OCH3 is 1. The number of rotatable bonds is 6. The summed E-state index contributed by atoms with van der Waals surface area (Å²) in [6.07, 6.45) is 4.37. The highest BCUT2D eigenvalue weighted by atomic mass is 16.5. The van der Waals surface area contributed by atoms with Crippen molar-refractivity contribution in [3.8, 4) is 17.0 Å². The van der Waals surface area contributed by atoms with Gasteiger partial charge in [-0.2, -0.15) is 15.0 Å². The average molecular weight is 481 g/mol. The van der Waals surface area contributed by atoms with Crippen LogP contribution in [0.15, 0.2) is 18.5 Å². The molecule has 3 aromatic heterocycles. The number of aryl methyl sites for hydroxylation is 1. The highest BCUT2D eigenvalue weighted by Crippen LogP contribution is 2.50. The number of nitrogens with one attached hydrogen (secondary N) is 3. The molecule has 1 saturated carbocycles. The van der Waals surface area contributed by atoms with Gasteiger partial charge >= 0.3 is 0 Å².